The fourth-order valence-electron chi connectivity index (χ4n) is 2.82. The number of hydrogen-bond acceptors (Lipinski definition) is 2. The number of rotatable bonds is 3. The number of nitrogens with one attached hydrogen (secondary N) is 1. The number of anilines is 1. The highest BCUT2D eigenvalue weighted by molar-refractivity contribution is 14.1. The first-order valence-corrected chi connectivity index (χ1v) is 8.78. The van der Waals surface area contributed by atoms with Crippen LogP contribution in [-0.2, 0) is 0 Å². The van der Waals surface area contributed by atoms with Crippen molar-refractivity contribution in [1.82, 2.24) is 5.32 Å². The molecule has 2 nitrogen and oxygen atoms in total. The first-order chi connectivity index (χ1) is 9.36. The van der Waals surface area contributed by atoms with Crippen molar-refractivity contribution in [3.8, 4) is 0 Å². The van der Waals surface area contributed by atoms with Gasteiger partial charge in [-0.3, -0.25) is 0 Å². The summed E-state index contributed by atoms with van der Waals surface area (Å²) in [6.07, 6.45) is 1.12. The van der Waals surface area contributed by atoms with Crippen molar-refractivity contribution in [2.75, 3.05) is 18.0 Å². The largest absolute Gasteiger partial charge is 0.364 e. The normalized spacial score (nSPS) is 27.1. The van der Waals surface area contributed by atoms with Crippen molar-refractivity contribution >= 4 is 39.9 Å². The average Bonchev–Trinajstić information content (AvgIpc) is 2.38. The smallest absolute Gasteiger partial charge is 0.0650 e. The Kier molecular flexibility index (Phi) is 5.24. The predicted octanol–water partition coefficient (Wildman–Crippen LogP) is 4.55. The molecule has 0 spiro atoms. The minimum absolute atomic E-state index is 0.164. The second-order valence-electron chi connectivity index (χ2n) is 6.33. The van der Waals surface area contributed by atoms with Gasteiger partial charge in [0, 0.05) is 28.2 Å². The van der Waals surface area contributed by atoms with Crippen molar-refractivity contribution in [2.24, 2.45) is 5.92 Å². The van der Waals surface area contributed by atoms with Crippen LogP contribution < -0.4 is 10.2 Å². The maximum absolute atomic E-state index is 6.50. The molecule has 1 N–H and O–H groups in total. The van der Waals surface area contributed by atoms with E-state index in [0.29, 0.717) is 12.0 Å². The summed E-state index contributed by atoms with van der Waals surface area (Å²) in [4.78, 5) is 2.50. The lowest BCUT2D eigenvalue weighted by Crippen LogP contribution is -2.64. The lowest BCUT2D eigenvalue weighted by atomic mass is 9.89. The third-order valence-electron chi connectivity index (χ3n) is 4.43. The Bertz CT molecular complexity index is 478. The molecule has 0 amide bonds. The zero-order valence-electron chi connectivity index (χ0n) is 12.7. The molecule has 1 fully saturated rings. The topological polar surface area (TPSA) is 15.3 Å². The number of benzene rings is 1. The molecule has 4 heteroatoms. The van der Waals surface area contributed by atoms with Gasteiger partial charge in [0.05, 0.1) is 10.7 Å². The van der Waals surface area contributed by atoms with E-state index in [0.717, 1.165) is 24.5 Å². The third-order valence-corrected chi connectivity index (χ3v) is 5.40. The van der Waals surface area contributed by atoms with E-state index >= 15 is 0 Å². The van der Waals surface area contributed by atoms with Crippen molar-refractivity contribution in [3.05, 3.63) is 26.8 Å². The number of piperazine rings is 1. The summed E-state index contributed by atoms with van der Waals surface area (Å²) < 4.78 is 1.19. The van der Waals surface area contributed by atoms with Gasteiger partial charge in [-0.1, -0.05) is 32.4 Å². The highest BCUT2D eigenvalue weighted by Crippen LogP contribution is 2.34. The zero-order valence-corrected chi connectivity index (χ0v) is 15.6. The van der Waals surface area contributed by atoms with Crippen LogP contribution in [0.4, 0.5) is 5.69 Å². The van der Waals surface area contributed by atoms with E-state index in [9.17, 15) is 0 Å². The standard InChI is InChI=1S/C16H24ClIN2/c1-5-16(4)10-20(15(9-19-16)11(2)3)14-7-6-12(18)8-13(14)17/h6-8,11,15,19H,5,9-10H2,1-4H3. The van der Waals surface area contributed by atoms with E-state index in [2.05, 4.69) is 78.7 Å². The summed E-state index contributed by atoms with van der Waals surface area (Å²) in [5.74, 6) is 0.597. The van der Waals surface area contributed by atoms with Crippen molar-refractivity contribution in [2.45, 2.75) is 45.7 Å². The van der Waals surface area contributed by atoms with Crippen molar-refractivity contribution in [3.63, 3.8) is 0 Å². The van der Waals surface area contributed by atoms with E-state index in [1.165, 1.54) is 9.26 Å². The summed E-state index contributed by atoms with van der Waals surface area (Å²) >= 11 is 8.81. The van der Waals surface area contributed by atoms with Crippen LogP contribution in [0.15, 0.2) is 18.2 Å². The molecule has 1 aliphatic heterocycles. The highest BCUT2D eigenvalue weighted by Gasteiger charge is 2.36. The molecule has 2 unspecified atom stereocenters. The Hall–Kier alpha value is -0.000000000000000132. The molecule has 112 valence electrons. The minimum Gasteiger partial charge on any atom is -0.364 e. The van der Waals surface area contributed by atoms with Crippen LogP contribution >= 0.6 is 34.2 Å². The Morgan fingerprint density at radius 3 is 2.75 bits per heavy atom. The van der Waals surface area contributed by atoms with Gasteiger partial charge in [-0.05, 0) is 60.1 Å². The van der Waals surface area contributed by atoms with Crippen molar-refractivity contribution in [1.29, 1.82) is 0 Å². The molecule has 0 saturated carbocycles. The summed E-state index contributed by atoms with van der Waals surface area (Å²) in [7, 11) is 0. The predicted molar refractivity (Wildman–Crippen MR) is 96.8 cm³/mol. The molecule has 1 saturated heterocycles. The summed E-state index contributed by atoms with van der Waals surface area (Å²) in [6.45, 7) is 11.1. The minimum atomic E-state index is 0.164. The average molecular weight is 407 g/mol. The molecule has 1 heterocycles. The Morgan fingerprint density at radius 1 is 1.50 bits per heavy atom. The van der Waals surface area contributed by atoms with Crippen molar-refractivity contribution < 1.29 is 0 Å². The zero-order chi connectivity index (χ0) is 14.9. The second kappa shape index (κ2) is 6.41. The third kappa shape index (κ3) is 3.42. The Balaban J connectivity index is 2.36. The molecule has 1 aromatic rings. The van der Waals surface area contributed by atoms with E-state index in [4.69, 9.17) is 11.6 Å². The highest BCUT2D eigenvalue weighted by atomic mass is 127. The van der Waals surface area contributed by atoms with Gasteiger partial charge in [-0.25, -0.2) is 0 Å². The van der Waals surface area contributed by atoms with Gasteiger partial charge in [-0.15, -0.1) is 0 Å². The summed E-state index contributed by atoms with van der Waals surface area (Å²) in [5.41, 5.74) is 1.34. The van der Waals surface area contributed by atoms with Crippen LogP contribution in [0.1, 0.15) is 34.1 Å². The Labute approximate surface area is 141 Å². The SMILES string of the molecule is CCC1(C)CN(c2ccc(I)cc2Cl)C(C(C)C)CN1. The second-order valence-corrected chi connectivity index (χ2v) is 7.98. The first-order valence-electron chi connectivity index (χ1n) is 7.33. The van der Waals surface area contributed by atoms with E-state index in [-0.39, 0.29) is 5.54 Å². The van der Waals surface area contributed by atoms with Crippen LogP contribution in [0.3, 0.4) is 0 Å². The molecule has 2 atom stereocenters. The Morgan fingerprint density at radius 2 is 2.20 bits per heavy atom. The molecule has 0 radical (unpaired) electrons. The van der Waals surface area contributed by atoms with Crippen LogP contribution in [0, 0.1) is 9.49 Å². The molecule has 1 aromatic carbocycles. The monoisotopic (exact) mass is 406 g/mol. The fraction of sp³-hybridized carbons (Fsp3) is 0.625. The van der Waals surface area contributed by atoms with Gasteiger partial charge in [0.15, 0.2) is 0 Å². The van der Waals surface area contributed by atoms with Crippen LogP contribution in [0.5, 0.6) is 0 Å². The van der Waals surface area contributed by atoms with E-state index in [1.807, 2.05) is 0 Å². The number of nitrogens with zero attached hydrogens (tertiary/aromatic N) is 1. The molecule has 0 aliphatic carbocycles. The molecule has 0 bridgehead atoms. The lowest BCUT2D eigenvalue weighted by molar-refractivity contribution is 0.253. The van der Waals surface area contributed by atoms with Gasteiger partial charge >= 0.3 is 0 Å². The fourth-order valence-corrected chi connectivity index (χ4v) is 3.79. The molecule has 0 aromatic heterocycles. The number of halogens is 2. The lowest BCUT2D eigenvalue weighted by Gasteiger charge is -2.49. The van der Waals surface area contributed by atoms with Crippen LogP contribution in [-0.4, -0.2) is 24.7 Å². The molecular weight excluding hydrogens is 383 g/mol. The summed E-state index contributed by atoms with van der Waals surface area (Å²) in [6, 6.07) is 6.86. The van der Waals surface area contributed by atoms with Gasteiger partial charge in [-0.2, -0.15) is 0 Å². The number of hydrogen-bond donors (Lipinski definition) is 1. The molecular formula is C16H24ClIN2. The van der Waals surface area contributed by atoms with Crippen LogP contribution in [0.2, 0.25) is 5.02 Å². The molecule has 20 heavy (non-hydrogen) atoms. The van der Waals surface area contributed by atoms with Gasteiger partial charge in [0.2, 0.25) is 0 Å². The van der Waals surface area contributed by atoms with Gasteiger partial charge in [0.1, 0.15) is 0 Å². The van der Waals surface area contributed by atoms with E-state index in [1.54, 1.807) is 0 Å². The molecule has 2 rings (SSSR count). The molecule has 1 aliphatic rings. The summed E-state index contributed by atoms with van der Waals surface area (Å²) in [5, 5.41) is 4.58. The maximum Gasteiger partial charge on any atom is 0.0650 e. The first kappa shape index (κ1) is 16.4. The maximum atomic E-state index is 6.50. The van der Waals surface area contributed by atoms with E-state index < -0.39 is 0 Å². The quantitative estimate of drug-likeness (QED) is 0.741. The van der Waals surface area contributed by atoms with Gasteiger partial charge in [0.25, 0.3) is 0 Å². The van der Waals surface area contributed by atoms with Gasteiger partial charge < -0.3 is 10.2 Å². The van der Waals surface area contributed by atoms with Crippen LogP contribution in [0.25, 0.3) is 0 Å².